The highest BCUT2D eigenvalue weighted by Gasteiger charge is 2.24. The van der Waals surface area contributed by atoms with Crippen LogP contribution in [0, 0.1) is 11.7 Å². The van der Waals surface area contributed by atoms with E-state index in [1.54, 1.807) is 19.2 Å². The molecule has 0 saturated carbocycles. The fourth-order valence-electron chi connectivity index (χ4n) is 2.88. The van der Waals surface area contributed by atoms with Crippen molar-refractivity contribution in [3.8, 4) is 0 Å². The second kappa shape index (κ2) is 6.86. The molecule has 0 bridgehead atoms. The molecule has 1 N–H and O–H groups in total. The van der Waals surface area contributed by atoms with Crippen LogP contribution in [-0.2, 0) is 4.74 Å². The summed E-state index contributed by atoms with van der Waals surface area (Å²) in [5, 5.41) is 3.40. The zero-order valence-electron chi connectivity index (χ0n) is 11.0. The highest BCUT2D eigenvalue weighted by atomic mass is 19.1. The number of methoxy groups -OCH3 is 1. The Labute approximate surface area is 109 Å². The minimum absolute atomic E-state index is 0.158. The largest absolute Gasteiger partial charge is 0.385 e. The van der Waals surface area contributed by atoms with Crippen LogP contribution in [0.2, 0.25) is 0 Å². The van der Waals surface area contributed by atoms with E-state index >= 15 is 0 Å². The van der Waals surface area contributed by atoms with Crippen molar-refractivity contribution in [1.29, 1.82) is 0 Å². The molecule has 1 aromatic rings. The molecule has 3 heteroatoms. The Hall–Kier alpha value is -0.930. The lowest BCUT2D eigenvalue weighted by atomic mass is 9.79. The second-order valence-corrected chi connectivity index (χ2v) is 5.03. The van der Waals surface area contributed by atoms with E-state index < -0.39 is 0 Å². The van der Waals surface area contributed by atoms with E-state index in [4.69, 9.17) is 4.74 Å². The first-order valence-corrected chi connectivity index (χ1v) is 6.76. The Bertz CT molecular complexity index is 346. The molecule has 1 aliphatic rings. The number of hydrogen-bond donors (Lipinski definition) is 1. The van der Waals surface area contributed by atoms with Crippen molar-refractivity contribution in [2.45, 2.75) is 25.2 Å². The summed E-state index contributed by atoms with van der Waals surface area (Å²) in [6.45, 7) is 2.96. The summed E-state index contributed by atoms with van der Waals surface area (Å²) in [5.41, 5.74) is 1.25. The van der Waals surface area contributed by atoms with Gasteiger partial charge in [-0.3, -0.25) is 0 Å². The molecule has 1 saturated heterocycles. The summed E-state index contributed by atoms with van der Waals surface area (Å²) in [7, 11) is 1.74. The summed E-state index contributed by atoms with van der Waals surface area (Å²) in [5.74, 6) is 1.02. The van der Waals surface area contributed by atoms with E-state index in [1.165, 1.54) is 18.4 Å². The minimum atomic E-state index is -0.158. The third-order valence-corrected chi connectivity index (χ3v) is 3.88. The molecule has 0 spiro atoms. The predicted molar refractivity (Wildman–Crippen MR) is 71.2 cm³/mol. The van der Waals surface area contributed by atoms with Crippen LogP contribution in [0.15, 0.2) is 24.3 Å². The number of piperidine rings is 1. The molecular weight excluding hydrogens is 229 g/mol. The first-order valence-electron chi connectivity index (χ1n) is 6.76. The lowest BCUT2D eigenvalue weighted by Gasteiger charge is -2.31. The average molecular weight is 251 g/mol. The Balaban J connectivity index is 2.10. The van der Waals surface area contributed by atoms with Gasteiger partial charge in [-0.1, -0.05) is 12.1 Å². The van der Waals surface area contributed by atoms with Gasteiger partial charge in [-0.15, -0.1) is 0 Å². The molecule has 100 valence electrons. The molecule has 1 aromatic carbocycles. The van der Waals surface area contributed by atoms with Gasteiger partial charge in [0.25, 0.3) is 0 Å². The van der Waals surface area contributed by atoms with Gasteiger partial charge in [0.2, 0.25) is 0 Å². The first kappa shape index (κ1) is 13.5. The molecule has 0 amide bonds. The highest BCUT2D eigenvalue weighted by Crippen LogP contribution is 2.33. The van der Waals surface area contributed by atoms with Gasteiger partial charge in [0.05, 0.1) is 0 Å². The fourth-order valence-corrected chi connectivity index (χ4v) is 2.88. The van der Waals surface area contributed by atoms with Crippen molar-refractivity contribution in [2.75, 3.05) is 26.8 Å². The van der Waals surface area contributed by atoms with Crippen LogP contribution in [0.25, 0.3) is 0 Å². The lowest BCUT2D eigenvalue weighted by Crippen LogP contribution is -2.31. The van der Waals surface area contributed by atoms with Crippen LogP contribution in [0.3, 0.4) is 0 Å². The summed E-state index contributed by atoms with van der Waals surface area (Å²) in [6.07, 6.45) is 3.42. The Morgan fingerprint density at radius 2 is 1.94 bits per heavy atom. The van der Waals surface area contributed by atoms with Crippen molar-refractivity contribution >= 4 is 0 Å². The predicted octanol–water partition coefficient (Wildman–Crippen LogP) is 2.95. The number of halogens is 1. The van der Waals surface area contributed by atoms with Crippen molar-refractivity contribution in [3.05, 3.63) is 35.6 Å². The Kier molecular flexibility index (Phi) is 5.14. The lowest BCUT2D eigenvalue weighted by molar-refractivity contribution is 0.171. The maximum Gasteiger partial charge on any atom is 0.123 e. The van der Waals surface area contributed by atoms with E-state index in [2.05, 4.69) is 5.32 Å². The van der Waals surface area contributed by atoms with Crippen LogP contribution in [0.4, 0.5) is 4.39 Å². The van der Waals surface area contributed by atoms with Gasteiger partial charge in [-0.25, -0.2) is 4.39 Å². The number of nitrogens with one attached hydrogen (secondary N) is 1. The van der Waals surface area contributed by atoms with Gasteiger partial charge in [-0.05, 0) is 61.9 Å². The van der Waals surface area contributed by atoms with E-state index in [0.29, 0.717) is 11.8 Å². The summed E-state index contributed by atoms with van der Waals surface area (Å²) in [6, 6.07) is 6.99. The fraction of sp³-hybridized carbons (Fsp3) is 0.600. The zero-order chi connectivity index (χ0) is 12.8. The molecule has 2 nitrogen and oxygen atoms in total. The van der Waals surface area contributed by atoms with Gasteiger partial charge in [0, 0.05) is 13.7 Å². The molecule has 2 rings (SSSR count). The monoisotopic (exact) mass is 251 g/mol. The maximum atomic E-state index is 13.0. The SMILES string of the molecule is COCCC(c1ccc(F)cc1)C1CCNCC1. The second-order valence-electron chi connectivity index (χ2n) is 5.03. The Morgan fingerprint density at radius 1 is 1.28 bits per heavy atom. The maximum absolute atomic E-state index is 13.0. The summed E-state index contributed by atoms with van der Waals surface area (Å²) < 4.78 is 18.2. The van der Waals surface area contributed by atoms with Crippen LogP contribution < -0.4 is 5.32 Å². The molecule has 1 heterocycles. The topological polar surface area (TPSA) is 21.3 Å². The molecular formula is C15H22FNO. The number of hydrogen-bond acceptors (Lipinski definition) is 2. The number of ether oxygens (including phenoxy) is 1. The van der Waals surface area contributed by atoms with Crippen molar-refractivity contribution < 1.29 is 9.13 Å². The third-order valence-electron chi connectivity index (χ3n) is 3.88. The standard InChI is InChI=1S/C15H22FNO/c1-18-11-8-15(13-6-9-17-10-7-13)12-2-4-14(16)5-3-12/h2-5,13,15,17H,6-11H2,1H3. The molecule has 1 unspecified atom stereocenters. The number of rotatable bonds is 5. The zero-order valence-corrected chi connectivity index (χ0v) is 11.0. The molecule has 1 aliphatic heterocycles. The van der Waals surface area contributed by atoms with E-state index in [-0.39, 0.29) is 5.82 Å². The van der Waals surface area contributed by atoms with E-state index in [1.807, 2.05) is 12.1 Å². The molecule has 1 atom stereocenters. The van der Waals surface area contributed by atoms with Gasteiger partial charge in [0.1, 0.15) is 5.82 Å². The van der Waals surface area contributed by atoms with Crippen LogP contribution in [0.5, 0.6) is 0 Å². The van der Waals surface area contributed by atoms with Gasteiger partial charge in [0.15, 0.2) is 0 Å². The van der Waals surface area contributed by atoms with Crippen molar-refractivity contribution in [1.82, 2.24) is 5.32 Å². The quantitative estimate of drug-likeness (QED) is 0.868. The summed E-state index contributed by atoms with van der Waals surface area (Å²) >= 11 is 0. The summed E-state index contributed by atoms with van der Waals surface area (Å²) in [4.78, 5) is 0. The molecule has 0 radical (unpaired) electrons. The van der Waals surface area contributed by atoms with Crippen molar-refractivity contribution in [3.63, 3.8) is 0 Å². The first-order chi connectivity index (χ1) is 8.81. The average Bonchev–Trinajstić information content (AvgIpc) is 2.42. The Morgan fingerprint density at radius 3 is 2.56 bits per heavy atom. The van der Waals surface area contributed by atoms with Crippen LogP contribution >= 0.6 is 0 Å². The van der Waals surface area contributed by atoms with Gasteiger partial charge in [-0.2, -0.15) is 0 Å². The number of benzene rings is 1. The molecule has 18 heavy (non-hydrogen) atoms. The van der Waals surface area contributed by atoms with Crippen molar-refractivity contribution in [2.24, 2.45) is 5.92 Å². The highest BCUT2D eigenvalue weighted by molar-refractivity contribution is 5.21. The smallest absolute Gasteiger partial charge is 0.123 e. The molecule has 0 aromatic heterocycles. The van der Waals surface area contributed by atoms with Crippen LogP contribution in [-0.4, -0.2) is 26.8 Å². The molecule has 0 aliphatic carbocycles. The van der Waals surface area contributed by atoms with Gasteiger partial charge < -0.3 is 10.1 Å². The molecule has 1 fully saturated rings. The third kappa shape index (κ3) is 3.53. The van der Waals surface area contributed by atoms with E-state index in [9.17, 15) is 4.39 Å². The van der Waals surface area contributed by atoms with Crippen LogP contribution in [0.1, 0.15) is 30.7 Å². The minimum Gasteiger partial charge on any atom is -0.385 e. The van der Waals surface area contributed by atoms with E-state index in [0.717, 1.165) is 26.1 Å². The van der Waals surface area contributed by atoms with Gasteiger partial charge >= 0.3 is 0 Å². The normalized spacial score (nSPS) is 18.8.